The topological polar surface area (TPSA) is 68.2 Å². The number of carboxylic acid groups (broad SMARTS) is 1. The van der Waals surface area contributed by atoms with Crippen molar-refractivity contribution >= 4 is 5.97 Å². The molecule has 1 aliphatic heterocycles. The molecule has 1 fully saturated rings. The van der Waals surface area contributed by atoms with Crippen LogP contribution >= 0.6 is 0 Å². The van der Waals surface area contributed by atoms with E-state index in [9.17, 15) is 9.90 Å². The monoisotopic (exact) mass is 461 g/mol. The molecule has 3 aromatic carbocycles. The Balaban J connectivity index is 1.63. The molecule has 0 radical (unpaired) electrons. The average molecular weight is 462 g/mol. The molecule has 0 bridgehead atoms. The van der Waals surface area contributed by atoms with Gasteiger partial charge < -0.3 is 19.3 Å². The molecule has 1 N–H and O–H groups in total. The van der Waals surface area contributed by atoms with Crippen LogP contribution in [0.4, 0.5) is 0 Å². The average Bonchev–Trinajstić information content (AvgIpc) is 2.89. The predicted octanol–water partition coefficient (Wildman–Crippen LogP) is 5.17. The Morgan fingerprint density at radius 3 is 2.41 bits per heavy atom. The molecule has 0 saturated carbocycles. The molecule has 1 heterocycles. The number of piperidine rings is 1. The molecule has 3 aromatic rings. The number of ether oxygens (including phenoxy) is 3. The normalized spacial score (nSPS) is 17.1. The second-order valence-electron chi connectivity index (χ2n) is 8.53. The quantitative estimate of drug-likeness (QED) is 0.474. The van der Waals surface area contributed by atoms with E-state index in [0.717, 1.165) is 35.4 Å². The highest BCUT2D eigenvalue weighted by molar-refractivity contribution is 5.70. The molecule has 2 atom stereocenters. The van der Waals surface area contributed by atoms with Gasteiger partial charge in [0.2, 0.25) is 0 Å². The molecule has 0 aromatic heterocycles. The second kappa shape index (κ2) is 11.1. The lowest BCUT2D eigenvalue weighted by atomic mass is 9.91. The van der Waals surface area contributed by atoms with Crippen molar-refractivity contribution < 1.29 is 24.1 Å². The maximum Gasteiger partial charge on any atom is 0.307 e. The van der Waals surface area contributed by atoms with Gasteiger partial charge in [0, 0.05) is 18.2 Å². The Morgan fingerprint density at radius 2 is 1.74 bits per heavy atom. The Labute approximate surface area is 200 Å². The van der Waals surface area contributed by atoms with Gasteiger partial charge in [0.15, 0.2) is 0 Å². The second-order valence-corrected chi connectivity index (χ2v) is 8.53. The highest BCUT2D eigenvalue weighted by Gasteiger charge is 2.32. The third-order valence-electron chi connectivity index (χ3n) is 6.35. The van der Waals surface area contributed by atoms with E-state index in [-0.39, 0.29) is 12.0 Å². The predicted molar refractivity (Wildman–Crippen MR) is 131 cm³/mol. The van der Waals surface area contributed by atoms with Crippen molar-refractivity contribution in [2.24, 2.45) is 5.92 Å². The fourth-order valence-corrected chi connectivity index (χ4v) is 4.56. The van der Waals surface area contributed by atoms with Crippen LogP contribution in [-0.2, 0) is 11.4 Å². The SMILES string of the molecule is COc1ccc(C(c2ccc(OCc3ccccc3)cc2)N2CCCC(C(=O)O)C2)c(OC)c1. The van der Waals surface area contributed by atoms with Crippen LogP contribution in [0, 0.1) is 5.92 Å². The summed E-state index contributed by atoms with van der Waals surface area (Å²) < 4.78 is 17.1. The maximum absolute atomic E-state index is 11.8. The molecule has 6 nitrogen and oxygen atoms in total. The number of carboxylic acids is 1. The summed E-state index contributed by atoms with van der Waals surface area (Å²) in [4.78, 5) is 14.0. The molecule has 1 saturated heterocycles. The number of likely N-dealkylation sites (tertiary alicyclic amines) is 1. The number of benzene rings is 3. The number of hydrogen-bond acceptors (Lipinski definition) is 5. The number of carbonyl (C=O) groups is 1. The van der Waals surface area contributed by atoms with E-state index in [1.165, 1.54) is 0 Å². The summed E-state index contributed by atoms with van der Waals surface area (Å²) in [5.74, 6) is 1.09. The third-order valence-corrected chi connectivity index (χ3v) is 6.35. The van der Waals surface area contributed by atoms with Gasteiger partial charge in [0.1, 0.15) is 23.9 Å². The van der Waals surface area contributed by atoms with Crippen LogP contribution in [0.25, 0.3) is 0 Å². The number of methoxy groups -OCH3 is 2. The van der Waals surface area contributed by atoms with Gasteiger partial charge >= 0.3 is 5.97 Å². The Kier molecular flexibility index (Phi) is 7.70. The summed E-state index contributed by atoms with van der Waals surface area (Å²) in [7, 11) is 3.27. The van der Waals surface area contributed by atoms with Gasteiger partial charge in [-0.1, -0.05) is 42.5 Å². The molecule has 6 heteroatoms. The number of aliphatic carboxylic acids is 1. The van der Waals surface area contributed by atoms with Crippen molar-refractivity contribution in [1.82, 2.24) is 4.90 Å². The number of rotatable bonds is 9. The molecule has 0 aliphatic carbocycles. The zero-order valence-electron chi connectivity index (χ0n) is 19.6. The van der Waals surface area contributed by atoms with E-state index in [1.807, 2.05) is 60.7 Å². The lowest BCUT2D eigenvalue weighted by Crippen LogP contribution is -2.41. The van der Waals surface area contributed by atoms with E-state index in [1.54, 1.807) is 14.2 Å². The number of nitrogens with zero attached hydrogens (tertiary/aromatic N) is 1. The van der Waals surface area contributed by atoms with Gasteiger partial charge in [0.05, 0.1) is 26.2 Å². The molecule has 0 spiro atoms. The van der Waals surface area contributed by atoms with Gasteiger partial charge in [0.25, 0.3) is 0 Å². The molecular weight excluding hydrogens is 430 g/mol. The van der Waals surface area contributed by atoms with Gasteiger partial charge in [-0.25, -0.2) is 0 Å². The first-order valence-electron chi connectivity index (χ1n) is 11.5. The van der Waals surface area contributed by atoms with Crippen LogP contribution in [0.3, 0.4) is 0 Å². The minimum Gasteiger partial charge on any atom is -0.497 e. The first-order chi connectivity index (χ1) is 16.6. The maximum atomic E-state index is 11.8. The summed E-state index contributed by atoms with van der Waals surface area (Å²) >= 11 is 0. The highest BCUT2D eigenvalue weighted by atomic mass is 16.5. The zero-order valence-corrected chi connectivity index (χ0v) is 19.6. The van der Waals surface area contributed by atoms with Gasteiger partial charge in [-0.3, -0.25) is 9.69 Å². The minimum atomic E-state index is -0.741. The van der Waals surface area contributed by atoms with Crippen molar-refractivity contribution in [1.29, 1.82) is 0 Å². The summed E-state index contributed by atoms with van der Waals surface area (Å²) in [6, 6.07) is 23.8. The van der Waals surface area contributed by atoms with E-state index in [0.29, 0.717) is 31.1 Å². The van der Waals surface area contributed by atoms with Crippen LogP contribution in [0.2, 0.25) is 0 Å². The summed E-state index contributed by atoms with van der Waals surface area (Å²) in [5, 5.41) is 9.65. The van der Waals surface area contributed by atoms with Crippen molar-refractivity contribution in [3.63, 3.8) is 0 Å². The van der Waals surface area contributed by atoms with E-state index in [4.69, 9.17) is 14.2 Å². The smallest absolute Gasteiger partial charge is 0.307 e. The van der Waals surface area contributed by atoms with Crippen LogP contribution < -0.4 is 14.2 Å². The van der Waals surface area contributed by atoms with Crippen LogP contribution in [0.5, 0.6) is 17.2 Å². The molecule has 4 rings (SSSR count). The third kappa shape index (κ3) is 5.51. The van der Waals surface area contributed by atoms with E-state index < -0.39 is 5.97 Å². The first kappa shape index (κ1) is 23.6. The van der Waals surface area contributed by atoms with Crippen LogP contribution in [0.15, 0.2) is 72.8 Å². The molecule has 34 heavy (non-hydrogen) atoms. The van der Waals surface area contributed by atoms with Crippen molar-refractivity contribution in [3.05, 3.63) is 89.5 Å². The molecular formula is C28H31NO5. The fraction of sp³-hybridized carbons (Fsp3) is 0.321. The van der Waals surface area contributed by atoms with E-state index in [2.05, 4.69) is 17.0 Å². The van der Waals surface area contributed by atoms with Crippen molar-refractivity contribution in [3.8, 4) is 17.2 Å². The highest BCUT2D eigenvalue weighted by Crippen LogP contribution is 2.39. The Hall–Kier alpha value is -3.51. The van der Waals surface area contributed by atoms with Crippen LogP contribution in [-0.4, -0.2) is 43.3 Å². The Bertz CT molecular complexity index is 1080. The fourth-order valence-electron chi connectivity index (χ4n) is 4.56. The zero-order chi connectivity index (χ0) is 23.9. The summed E-state index contributed by atoms with van der Waals surface area (Å²) in [5.41, 5.74) is 3.15. The van der Waals surface area contributed by atoms with Crippen molar-refractivity contribution in [2.45, 2.75) is 25.5 Å². The Morgan fingerprint density at radius 1 is 1.00 bits per heavy atom. The lowest BCUT2D eigenvalue weighted by molar-refractivity contribution is -0.143. The van der Waals surface area contributed by atoms with Crippen molar-refractivity contribution in [2.75, 3.05) is 27.3 Å². The standard InChI is InChI=1S/C28H31NO5/c1-32-24-14-15-25(26(17-24)33-2)27(29-16-6-9-22(18-29)28(30)31)21-10-12-23(13-11-21)34-19-20-7-4-3-5-8-20/h3-5,7-8,10-15,17,22,27H,6,9,16,18-19H2,1-2H3,(H,30,31). The van der Waals surface area contributed by atoms with Gasteiger partial charge in [-0.2, -0.15) is 0 Å². The summed E-state index contributed by atoms with van der Waals surface area (Å²) in [6.07, 6.45) is 1.54. The molecule has 0 amide bonds. The molecule has 2 unspecified atom stereocenters. The van der Waals surface area contributed by atoms with Gasteiger partial charge in [-0.15, -0.1) is 0 Å². The van der Waals surface area contributed by atoms with Gasteiger partial charge in [-0.05, 0) is 54.8 Å². The molecule has 178 valence electrons. The van der Waals surface area contributed by atoms with Crippen LogP contribution in [0.1, 0.15) is 35.6 Å². The molecule has 1 aliphatic rings. The first-order valence-corrected chi connectivity index (χ1v) is 11.5. The number of hydrogen-bond donors (Lipinski definition) is 1. The minimum absolute atomic E-state index is 0.147. The van der Waals surface area contributed by atoms with E-state index >= 15 is 0 Å². The lowest BCUT2D eigenvalue weighted by Gasteiger charge is -2.38. The largest absolute Gasteiger partial charge is 0.497 e. The summed E-state index contributed by atoms with van der Waals surface area (Å²) in [6.45, 7) is 1.81.